The fourth-order valence-corrected chi connectivity index (χ4v) is 4.19. The summed E-state index contributed by atoms with van der Waals surface area (Å²) in [4.78, 5) is 28.8. The predicted octanol–water partition coefficient (Wildman–Crippen LogP) is 2.92. The van der Waals surface area contributed by atoms with E-state index in [1.807, 2.05) is 24.4 Å². The van der Waals surface area contributed by atoms with Crippen molar-refractivity contribution in [1.29, 1.82) is 0 Å². The van der Waals surface area contributed by atoms with Crippen LogP contribution in [-0.4, -0.2) is 40.4 Å². The van der Waals surface area contributed by atoms with E-state index in [-0.39, 0.29) is 24.4 Å². The van der Waals surface area contributed by atoms with Gasteiger partial charge in [0.1, 0.15) is 17.3 Å². The van der Waals surface area contributed by atoms with Crippen molar-refractivity contribution < 1.29 is 13.2 Å². The number of carbonyl (C=O) groups excluding carboxylic acids is 1. The number of aromatic amines is 1. The summed E-state index contributed by atoms with van der Waals surface area (Å²) >= 11 is 0. The molecule has 3 heterocycles. The molecule has 0 aliphatic carbocycles. The number of carbonyl (C=O) groups is 1. The summed E-state index contributed by atoms with van der Waals surface area (Å²) in [5.41, 5.74) is 3.86. The third-order valence-electron chi connectivity index (χ3n) is 4.61. The molecule has 4 aromatic rings. The molecule has 0 saturated heterocycles. The zero-order valence-corrected chi connectivity index (χ0v) is 17.2. The van der Waals surface area contributed by atoms with Gasteiger partial charge in [-0.2, -0.15) is 0 Å². The molecule has 0 unspecified atom stereocenters. The van der Waals surface area contributed by atoms with Gasteiger partial charge in [-0.05, 0) is 29.3 Å². The molecular weight excluding hydrogens is 400 g/mol. The number of rotatable bonds is 7. The van der Waals surface area contributed by atoms with E-state index in [0.29, 0.717) is 11.4 Å². The average Bonchev–Trinajstić information content (AvgIpc) is 3.11. The Hall–Kier alpha value is -3.39. The van der Waals surface area contributed by atoms with Gasteiger partial charge in [0.15, 0.2) is 9.84 Å². The normalized spacial score (nSPS) is 11.6. The van der Waals surface area contributed by atoms with E-state index in [0.717, 1.165) is 27.9 Å². The third kappa shape index (κ3) is 4.77. The van der Waals surface area contributed by atoms with Gasteiger partial charge in [0.2, 0.25) is 0 Å². The first-order chi connectivity index (χ1) is 14.4. The third-order valence-corrected chi connectivity index (χ3v) is 5.47. The Labute approximate surface area is 174 Å². The number of sulfone groups is 1. The summed E-state index contributed by atoms with van der Waals surface area (Å²) in [6.07, 6.45) is 6.70. The highest BCUT2D eigenvalue weighted by atomic mass is 32.2. The van der Waals surface area contributed by atoms with Crippen molar-refractivity contribution in [3.63, 3.8) is 0 Å². The fourth-order valence-electron chi connectivity index (χ4n) is 3.40. The van der Waals surface area contributed by atoms with Crippen molar-refractivity contribution in [2.75, 3.05) is 6.26 Å². The second-order valence-corrected chi connectivity index (χ2v) is 9.38. The van der Waals surface area contributed by atoms with E-state index in [1.54, 1.807) is 36.7 Å². The largest absolute Gasteiger partial charge is 0.345 e. The first-order valence-corrected chi connectivity index (χ1v) is 11.4. The molecule has 0 fully saturated rings. The van der Waals surface area contributed by atoms with Crippen molar-refractivity contribution in [3.8, 4) is 11.3 Å². The molecule has 0 aliphatic heterocycles. The van der Waals surface area contributed by atoms with Crippen LogP contribution in [-0.2, 0) is 33.2 Å². The van der Waals surface area contributed by atoms with Crippen molar-refractivity contribution in [3.05, 3.63) is 78.0 Å². The lowest BCUT2D eigenvalue weighted by atomic mass is 10.0. The standard InChI is InChI=1S/C22H20N4O3S/c1-30(28,29)14-16-5-2-4-15(10-16)11-17(27)12-21-23-9-7-20(26-21)19-13-25-22-18(19)6-3-8-24-22/h2-10,13H,11-12,14H2,1H3,(H,24,25). The Morgan fingerprint density at radius 3 is 2.67 bits per heavy atom. The van der Waals surface area contributed by atoms with E-state index >= 15 is 0 Å². The Morgan fingerprint density at radius 1 is 1.00 bits per heavy atom. The van der Waals surface area contributed by atoms with Gasteiger partial charge in [-0.3, -0.25) is 4.79 Å². The van der Waals surface area contributed by atoms with Gasteiger partial charge in [0.05, 0.1) is 17.9 Å². The summed E-state index contributed by atoms with van der Waals surface area (Å²) in [6.45, 7) is 0. The fraction of sp³-hybridized carbons (Fsp3) is 0.182. The summed E-state index contributed by atoms with van der Waals surface area (Å²) in [5.74, 6) is 0.368. The number of hydrogen-bond acceptors (Lipinski definition) is 6. The minimum absolute atomic E-state index is 0.0377. The van der Waals surface area contributed by atoms with Crippen molar-refractivity contribution in [2.45, 2.75) is 18.6 Å². The second-order valence-electron chi connectivity index (χ2n) is 7.24. The molecule has 7 nitrogen and oxygen atoms in total. The summed E-state index contributed by atoms with van der Waals surface area (Å²) in [6, 6.07) is 12.7. The number of pyridine rings is 1. The monoisotopic (exact) mass is 420 g/mol. The molecule has 8 heteroatoms. The molecule has 3 aromatic heterocycles. The average molecular weight is 420 g/mol. The smallest absolute Gasteiger partial charge is 0.151 e. The highest BCUT2D eigenvalue weighted by Crippen LogP contribution is 2.25. The molecule has 4 rings (SSSR count). The van der Waals surface area contributed by atoms with E-state index in [2.05, 4.69) is 19.9 Å². The maximum Gasteiger partial charge on any atom is 0.151 e. The Kier molecular flexibility index (Phi) is 5.41. The molecule has 1 N–H and O–H groups in total. The van der Waals surface area contributed by atoms with Gasteiger partial charge >= 0.3 is 0 Å². The minimum atomic E-state index is -3.12. The van der Waals surface area contributed by atoms with Gasteiger partial charge in [-0.25, -0.2) is 23.4 Å². The van der Waals surface area contributed by atoms with Crippen LogP contribution in [0.2, 0.25) is 0 Å². The molecule has 0 atom stereocenters. The molecular formula is C22H20N4O3S. The van der Waals surface area contributed by atoms with Crippen LogP contribution in [0.25, 0.3) is 22.3 Å². The number of H-pyrrole nitrogens is 1. The molecule has 0 amide bonds. The van der Waals surface area contributed by atoms with Crippen molar-refractivity contribution >= 4 is 26.7 Å². The second kappa shape index (κ2) is 8.16. The molecule has 0 spiro atoms. The highest BCUT2D eigenvalue weighted by Gasteiger charge is 2.12. The molecule has 0 saturated carbocycles. The number of nitrogens with one attached hydrogen (secondary N) is 1. The number of fused-ring (bicyclic) bond motifs is 1. The topological polar surface area (TPSA) is 106 Å². The maximum absolute atomic E-state index is 12.6. The van der Waals surface area contributed by atoms with Crippen molar-refractivity contribution in [2.24, 2.45) is 0 Å². The van der Waals surface area contributed by atoms with Crippen LogP contribution in [0.4, 0.5) is 0 Å². The molecule has 1 aromatic carbocycles. The quantitative estimate of drug-likeness (QED) is 0.493. The highest BCUT2D eigenvalue weighted by molar-refractivity contribution is 7.89. The van der Waals surface area contributed by atoms with Gasteiger partial charge in [-0.1, -0.05) is 24.3 Å². The molecule has 30 heavy (non-hydrogen) atoms. The van der Waals surface area contributed by atoms with Gasteiger partial charge in [-0.15, -0.1) is 0 Å². The first kappa shape index (κ1) is 19.9. The lowest BCUT2D eigenvalue weighted by molar-refractivity contribution is -0.117. The molecule has 0 bridgehead atoms. The number of aromatic nitrogens is 4. The zero-order valence-electron chi connectivity index (χ0n) is 16.4. The predicted molar refractivity (Wildman–Crippen MR) is 115 cm³/mol. The van der Waals surface area contributed by atoms with E-state index in [9.17, 15) is 13.2 Å². The van der Waals surface area contributed by atoms with E-state index in [1.165, 1.54) is 6.26 Å². The number of nitrogens with zero attached hydrogens (tertiary/aromatic N) is 3. The lowest BCUT2D eigenvalue weighted by Crippen LogP contribution is -2.10. The maximum atomic E-state index is 12.6. The van der Waals surface area contributed by atoms with Gasteiger partial charge in [0, 0.05) is 42.2 Å². The molecule has 152 valence electrons. The molecule has 0 radical (unpaired) electrons. The van der Waals surface area contributed by atoms with Crippen LogP contribution < -0.4 is 0 Å². The van der Waals surface area contributed by atoms with Crippen LogP contribution in [0.3, 0.4) is 0 Å². The number of ketones is 1. The zero-order chi connectivity index (χ0) is 21.1. The van der Waals surface area contributed by atoms with E-state index < -0.39 is 9.84 Å². The number of hydrogen-bond donors (Lipinski definition) is 1. The van der Waals surface area contributed by atoms with Crippen molar-refractivity contribution in [1.82, 2.24) is 19.9 Å². The van der Waals surface area contributed by atoms with Crippen LogP contribution >= 0.6 is 0 Å². The van der Waals surface area contributed by atoms with Crippen LogP contribution in [0.5, 0.6) is 0 Å². The van der Waals surface area contributed by atoms with Gasteiger partial charge < -0.3 is 4.98 Å². The Morgan fingerprint density at radius 2 is 1.83 bits per heavy atom. The minimum Gasteiger partial charge on any atom is -0.345 e. The summed E-state index contributed by atoms with van der Waals surface area (Å²) < 4.78 is 23.0. The van der Waals surface area contributed by atoms with Crippen LogP contribution in [0.1, 0.15) is 17.0 Å². The van der Waals surface area contributed by atoms with Gasteiger partial charge in [0.25, 0.3) is 0 Å². The summed E-state index contributed by atoms with van der Waals surface area (Å²) in [5, 5.41) is 0.955. The molecule has 0 aliphatic rings. The van der Waals surface area contributed by atoms with E-state index in [4.69, 9.17) is 0 Å². The number of benzene rings is 1. The van der Waals surface area contributed by atoms with Crippen LogP contribution in [0, 0.1) is 0 Å². The lowest BCUT2D eigenvalue weighted by Gasteiger charge is -2.05. The number of Topliss-reactive ketones (excluding diaryl/α,β-unsaturated/α-hetero) is 1. The Balaban J connectivity index is 1.49. The summed E-state index contributed by atoms with van der Waals surface area (Å²) in [7, 11) is -3.12. The SMILES string of the molecule is CS(=O)(=O)Cc1cccc(CC(=O)Cc2nccc(-c3c[nH]c4ncccc34)n2)c1. The first-order valence-electron chi connectivity index (χ1n) is 9.39. The Bertz CT molecular complexity index is 1330. The van der Waals surface area contributed by atoms with Crippen LogP contribution in [0.15, 0.2) is 61.1 Å².